The van der Waals surface area contributed by atoms with Crippen LogP contribution < -0.4 is 10.2 Å². The molecule has 0 heterocycles. The second kappa shape index (κ2) is 6.02. The van der Waals surface area contributed by atoms with Crippen molar-refractivity contribution in [2.75, 3.05) is 18.6 Å². The van der Waals surface area contributed by atoms with E-state index in [9.17, 15) is 9.59 Å². The van der Waals surface area contributed by atoms with E-state index in [1.165, 1.54) is 11.9 Å². The predicted molar refractivity (Wildman–Crippen MR) is 66.6 cm³/mol. The van der Waals surface area contributed by atoms with E-state index < -0.39 is 24.6 Å². The van der Waals surface area contributed by atoms with E-state index >= 15 is 0 Å². The lowest BCUT2D eigenvalue weighted by atomic mass is 10.2. The SMILES string of the molecule is Cc1ccccc1N(C)C(=O)N[C@H](CO)C(=O)O. The lowest BCUT2D eigenvalue weighted by Gasteiger charge is -2.22. The number of nitrogens with zero attached hydrogens (tertiary/aromatic N) is 1. The maximum atomic E-state index is 11.8. The molecule has 1 aromatic carbocycles. The molecule has 2 amide bonds. The second-order valence-corrected chi connectivity index (χ2v) is 3.87. The first kappa shape index (κ1) is 14.0. The molecule has 1 aromatic rings. The van der Waals surface area contributed by atoms with Gasteiger partial charge in [0, 0.05) is 12.7 Å². The van der Waals surface area contributed by atoms with Crippen LogP contribution >= 0.6 is 0 Å². The standard InChI is InChI=1S/C12H16N2O4/c1-8-5-3-4-6-10(8)14(2)12(18)13-9(7-15)11(16)17/h3-6,9,15H,7H2,1-2H3,(H,13,18)(H,16,17)/t9-/m1/s1. The second-order valence-electron chi connectivity index (χ2n) is 3.87. The highest BCUT2D eigenvalue weighted by molar-refractivity contribution is 5.94. The Morgan fingerprint density at radius 3 is 2.50 bits per heavy atom. The number of carboxylic acids is 1. The van der Waals surface area contributed by atoms with Crippen LogP contribution in [-0.4, -0.2) is 41.9 Å². The van der Waals surface area contributed by atoms with Crippen LogP contribution in [0.15, 0.2) is 24.3 Å². The van der Waals surface area contributed by atoms with Crippen LogP contribution in [0.1, 0.15) is 5.56 Å². The van der Waals surface area contributed by atoms with Crippen LogP contribution in [0.2, 0.25) is 0 Å². The molecule has 1 rings (SSSR count). The summed E-state index contributed by atoms with van der Waals surface area (Å²) in [6.07, 6.45) is 0. The third-order valence-electron chi connectivity index (χ3n) is 2.56. The first-order valence-corrected chi connectivity index (χ1v) is 5.41. The zero-order valence-corrected chi connectivity index (χ0v) is 10.3. The fourth-order valence-corrected chi connectivity index (χ4v) is 1.48. The summed E-state index contributed by atoms with van der Waals surface area (Å²) in [7, 11) is 1.54. The largest absolute Gasteiger partial charge is 0.480 e. The minimum Gasteiger partial charge on any atom is -0.480 e. The van der Waals surface area contributed by atoms with Crippen molar-refractivity contribution in [3.63, 3.8) is 0 Å². The van der Waals surface area contributed by atoms with E-state index in [1.54, 1.807) is 12.1 Å². The van der Waals surface area contributed by atoms with Crippen molar-refractivity contribution < 1.29 is 19.8 Å². The van der Waals surface area contributed by atoms with Crippen LogP contribution in [0.3, 0.4) is 0 Å². The highest BCUT2D eigenvalue weighted by atomic mass is 16.4. The quantitative estimate of drug-likeness (QED) is 0.731. The Labute approximate surface area is 105 Å². The number of amides is 2. The molecular formula is C12H16N2O4. The number of hydrogen-bond donors (Lipinski definition) is 3. The lowest BCUT2D eigenvalue weighted by Crippen LogP contribution is -2.48. The summed E-state index contributed by atoms with van der Waals surface area (Å²) in [5.74, 6) is -1.27. The van der Waals surface area contributed by atoms with Crippen LogP contribution in [0.5, 0.6) is 0 Å². The van der Waals surface area contributed by atoms with Gasteiger partial charge in [0.15, 0.2) is 6.04 Å². The average molecular weight is 252 g/mol. The molecule has 6 heteroatoms. The molecule has 0 fully saturated rings. The monoisotopic (exact) mass is 252 g/mol. The highest BCUT2D eigenvalue weighted by Crippen LogP contribution is 2.17. The topological polar surface area (TPSA) is 89.9 Å². The molecule has 0 bridgehead atoms. The number of para-hydroxylation sites is 1. The van der Waals surface area contributed by atoms with Gasteiger partial charge in [-0.2, -0.15) is 0 Å². The molecule has 0 aliphatic heterocycles. The number of carbonyl (C=O) groups is 2. The Bertz CT molecular complexity index is 447. The van der Waals surface area contributed by atoms with E-state index in [0.717, 1.165) is 5.56 Å². The van der Waals surface area contributed by atoms with Gasteiger partial charge in [-0.1, -0.05) is 18.2 Å². The Balaban J connectivity index is 2.79. The fraction of sp³-hybridized carbons (Fsp3) is 0.333. The van der Waals surface area contributed by atoms with E-state index in [4.69, 9.17) is 10.2 Å². The summed E-state index contributed by atoms with van der Waals surface area (Å²) in [6.45, 7) is 1.20. The van der Waals surface area contributed by atoms with Crippen molar-refractivity contribution in [1.29, 1.82) is 0 Å². The molecular weight excluding hydrogens is 236 g/mol. The summed E-state index contributed by atoms with van der Waals surface area (Å²) in [6, 6.07) is 5.35. The molecule has 0 saturated heterocycles. The molecule has 1 atom stereocenters. The maximum Gasteiger partial charge on any atom is 0.328 e. The van der Waals surface area contributed by atoms with Gasteiger partial charge in [0.05, 0.1) is 6.61 Å². The van der Waals surface area contributed by atoms with E-state index in [1.807, 2.05) is 19.1 Å². The number of benzene rings is 1. The van der Waals surface area contributed by atoms with Crippen LogP contribution in [0.25, 0.3) is 0 Å². The maximum absolute atomic E-state index is 11.8. The zero-order valence-electron chi connectivity index (χ0n) is 10.3. The predicted octanol–water partition coefficient (Wildman–Crippen LogP) is 0.586. The molecule has 0 aliphatic carbocycles. The van der Waals surface area contributed by atoms with Crippen molar-refractivity contribution >= 4 is 17.7 Å². The molecule has 6 nitrogen and oxygen atoms in total. The first-order valence-electron chi connectivity index (χ1n) is 5.41. The number of carbonyl (C=O) groups excluding carboxylic acids is 1. The molecule has 0 unspecified atom stereocenters. The number of aryl methyl sites for hydroxylation is 1. The van der Waals surface area contributed by atoms with Gasteiger partial charge in [0.25, 0.3) is 0 Å². The minimum absolute atomic E-state index is 0.578. The number of anilines is 1. The molecule has 98 valence electrons. The van der Waals surface area contributed by atoms with Gasteiger partial charge in [-0.15, -0.1) is 0 Å². The Morgan fingerprint density at radius 1 is 1.39 bits per heavy atom. The fourth-order valence-electron chi connectivity index (χ4n) is 1.48. The Morgan fingerprint density at radius 2 is 2.00 bits per heavy atom. The van der Waals surface area contributed by atoms with Gasteiger partial charge in [-0.05, 0) is 18.6 Å². The van der Waals surface area contributed by atoms with Gasteiger partial charge in [0.2, 0.25) is 0 Å². The lowest BCUT2D eigenvalue weighted by molar-refractivity contribution is -0.140. The Kier molecular flexibility index (Phi) is 4.67. The van der Waals surface area contributed by atoms with E-state index in [2.05, 4.69) is 5.32 Å². The minimum atomic E-state index is -1.30. The third kappa shape index (κ3) is 3.21. The number of aliphatic carboxylic acids is 1. The van der Waals surface area contributed by atoms with Crippen molar-refractivity contribution in [2.24, 2.45) is 0 Å². The van der Waals surface area contributed by atoms with E-state index in [-0.39, 0.29) is 0 Å². The number of carboxylic acid groups (broad SMARTS) is 1. The number of hydrogen-bond acceptors (Lipinski definition) is 3. The van der Waals surface area contributed by atoms with Crippen molar-refractivity contribution in [3.8, 4) is 0 Å². The van der Waals surface area contributed by atoms with Gasteiger partial charge < -0.3 is 15.5 Å². The number of aliphatic hydroxyl groups excluding tert-OH is 1. The Hall–Kier alpha value is -2.08. The van der Waals surface area contributed by atoms with Crippen LogP contribution in [0.4, 0.5) is 10.5 Å². The number of urea groups is 1. The van der Waals surface area contributed by atoms with Gasteiger partial charge in [-0.25, -0.2) is 9.59 Å². The van der Waals surface area contributed by atoms with Crippen LogP contribution in [0, 0.1) is 6.92 Å². The summed E-state index contributed by atoms with van der Waals surface area (Å²) in [5, 5.41) is 19.8. The van der Waals surface area contributed by atoms with Crippen molar-refractivity contribution in [3.05, 3.63) is 29.8 Å². The van der Waals surface area contributed by atoms with Gasteiger partial charge >= 0.3 is 12.0 Å². The molecule has 18 heavy (non-hydrogen) atoms. The molecule has 0 aliphatic rings. The van der Waals surface area contributed by atoms with E-state index in [0.29, 0.717) is 5.69 Å². The van der Waals surface area contributed by atoms with Gasteiger partial charge in [-0.3, -0.25) is 4.90 Å². The molecule has 0 saturated carbocycles. The van der Waals surface area contributed by atoms with Crippen molar-refractivity contribution in [2.45, 2.75) is 13.0 Å². The number of aliphatic hydroxyl groups is 1. The summed E-state index contributed by atoms with van der Waals surface area (Å²) < 4.78 is 0. The summed E-state index contributed by atoms with van der Waals surface area (Å²) in [4.78, 5) is 23.8. The van der Waals surface area contributed by atoms with Crippen LogP contribution in [-0.2, 0) is 4.79 Å². The third-order valence-corrected chi connectivity index (χ3v) is 2.56. The first-order chi connectivity index (χ1) is 8.47. The molecule has 0 spiro atoms. The average Bonchev–Trinajstić information content (AvgIpc) is 2.35. The van der Waals surface area contributed by atoms with Crippen molar-refractivity contribution in [1.82, 2.24) is 5.32 Å². The van der Waals surface area contributed by atoms with Gasteiger partial charge in [0.1, 0.15) is 0 Å². The molecule has 3 N–H and O–H groups in total. The zero-order chi connectivity index (χ0) is 13.7. The molecule has 0 radical (unpaired) electrons. The summed E-state index contributed by atoms with van der Waals surface area (Å²) in [5.41, 5.74) is 1.57. The highest BCUT2D eigenvalue weighted by Gasteiger charge is 2.21. The smallest absolute Gasteiger partial charge is 0.328 e. The number of nitrogens with one attached hydrogen (secondary N) is 1. The normalized spacial score (nSPS) is 11.7. The summed E-state index contributed by atoms with van der Waals surface area (Å²) >= 11 is 0. The molecule has 0 aromatic heterocycles. The number of rotatable bonds is 4.